The quantitative estimate of drug-likeness (QED) is 0.550. The summed E-state index contributed by atoms with van der Waals surface area (Å²) in [5.74, 6) is -1.81. The summed E-state index contributed by atoms with van der Waals surface area (Å²) in [6, 6.07) is 10.1. The average molecular weight is 416 g/mol. The number of anilines is 1. The van der Waals surface area contributed by atoms with Crippen LogP contribution in [-0.2, 0) is 4.79 Å². The maximum absolute atomic E-state index is 13.5. The number of Topliss-reactive ketones (excluding diaryl/α,β-unsaturated/α-hetero) is 1. The molecule has 0 atom stereocenters. The first-order valence-electron chi connectivity index (χ1n) is 8.86. The van der Waals surface area contributed by atoms with Gasteiger partial charge < -0.3 is 4.74 Å². The smallest absolute Gasteiger partial charge is 0.264 e. The van der Waals surface area contributed by atoms with Gasteiger partial charge in [0.05, 0.1) is 5.69 Å². The van der Waals surface area contributed by atoms with Crippen molar-refractivity contribution >= 4 is 28.2 Å². The molecule has 1 heterocycles. The van der Waals surface area contributed by atoms with E-state index in [-0.39, 0.29) is 12.4 Å². The van der Waals surface area contributed by atoms with Crippen molar-refractivity contribution in [3.63, 3.8) is 0 Å². The fraction of sp³-hybridized carbons (Fsp3) is 0.190. The van der Waals surface area contributed by atoms with Gasteiger partial charge in [0.2, 0.25) is 0 Å². The molecule has 3 rings (SSSR count). The van der Waals surface area contributed by atoms with Gasteiger partial charge in [-0.2, -0.15) is 0 Å². The van der Waals surface area contributed by atoms with E-state index >= 15 is 0 Å². The van der Waals surface area contributed by atoms with Crippen LogP contribution in [0, 0.1) is 18.6 Å². The molecule has 1 N–H and O–H groups in total. The highest BCUT2D eigenvalue weighted by molar-refractivity contribution is 7.16. The highest BCUT2D eigenvalue weighted by Gasteiger charge is 2.14. The number of rotatable bonds is 7. The number of benzene rings is 2. The van der Waals surface area contributed by atoms with Gasteiger partial charge in [0, 0.05) is 22.4 Å². The van der Waals surface area contributed by atoms with Crippen LogP contribution >= 0.6 is 11.3 Å². The molecule has 1 aromatic heterocycles. The van der Waals surface area contributed by atoms with Crippen LogP contribution < -0.4 is 10.1 Å². The lowest BCUT2D eigenvalue weighted by Crippen LogP contribution is -2.20. The van der Waals surface area contributed by atoms with Crippen LogP contribution in [0.2, 0.25) is 0 Å². The van der Waals surface area contributed by atoms with Gasteiger partial charge in [-0.25, -0.2) is 13.8 Å². The zero-order valence-electron chi connectivity index (χ0n) is 15.8. The van der Waals surface area contributed by atoms with Crippen LogP contribution in [0.4, 0.5) is 13.9 Å². The number of halogens is 2. The highest BCUT2D eigenvalue weighted by Crippen LogP contribution is 2.31. The van der Waals surface area contributed by atoms with Gasteiger partial charge in [-0.3, -0.25) is 14.9 Å². The minimum atomic E-state index is -0.958. The average Bonchev–Trinajstić information content (AvgIpc) is 3.08. The molecule has 8 heteroatoms. The molecule has 2 aromatic carbocycles. The summed E-state index contributed by atoms with van der Waals surface area (Å²) >= 11 is 1.22. The molecule has 3 aromatic rings. The van der Waals surface area contributed by atoms with Gasteiger partial charge in [0.15, 0.2) is 29.2 Å². The maximum Gasteiger partial charge on any atom is 0.264 e. The summed E-state index contributed by atoms with van der Waals surface area (Å²) in [6.45, 7) is 3.33. The number of ether oxygens (including phenoxy) is 1. The van der Waals surface area contributed by atoms with Crippen LogP contribution in [0.5, 0.6) is 5.75 Å². The van der Waals surface area contributed by atoms with E-state index in [9.17, 15) is 18.4 Å². The molecule has 0 saturated heterocycles. The Labute approximate surface area is 170 Å². The monoisotopic (exact) mass is 416 g/mol. The minimum Gasteiger partial charge on any atom is -0.484 e. The van der Waals surface area contributed by atoms with Crippen LogP contribution in [0.1, 0.15) is 28.6 Å². The number of aryl methyl sites for hydroxylation is 1. The van der Waals surface area contributed by atoms with Crippen molar-refractivity contribution in [2.45, 2.75) is 20.3 Å². The largest absolute Gasteiger partial charge is 0.484 e. The van der Waals surface area contributed by atoms with E-state index in [0.29, 0.717) is 34.1 Å². The number of nitrogens with zero attached hydrogens (tertiary/aromatic N) is 1. The number of carbonyl (C=O) groups is 2. The predicted molar refractivity (Wildman–Crippen MR) is 107 cm³/mol. The summed E-state index contributed by atoms with van der Waals surface area (Å²) in [5.41, 5.74) is 1.49. The Hall–Kier alpha value is -3.13. The number of thiazole rings is 1. The van der Waals surface area contributed by atoms with Gasteiger partial charge in [0.1, 0.15) is 5.75 Å². The summed E-state index contributed by atoms with van der Waals surface area (Å²) < 4.78 is 32.0. The molecule has 0 aliphatic heterocycles. The lowest BCUT2D eigenvalue weighted by atomic mass is 10.1. The molecule has 29 heavy (non-hydrogen) atoms. The Morgan fingerprint density at radius 1 is 1.10 bits per heavy atom. The second-order valence-electron chi connectivity index (χ2n) is 6.19. The van der Waals surface area contributed by atoms with Gasteiger partial charge in [-0.1, -0.05) is 6.92 Å². The number of hydrogen-bond acceptors (Lipinski definition) is 5. The first-order valence-corrected chi connectivity index (χ1v) is 9.67. The third-order valence-electron chi connectivity index (χ3n) is 4.10. The van der Waals surface area contributed by atoms with Crippen molar-refractivity contribution in [2.24, 2.45) is 0 Å². The first kappa shape index (κ1) is 20.6. The van der Waals surface area contributed by atoms with Gasteiger partial charge in [0.25, 0.3) is 5.91 Å². The SMILES string of the molecule is CCC(=O)c1ccc(OCC(=O)Nc2nc(-c3ccc(F)c(F)c3)c(C)s2)cc1. The normalized spacial score (nSPS) is 10.6. The van der Waals surface area contributed by atoms with Crippen molar-refractivity contribution in [1.29, 1.82) is 0 Å². The predicted octanol–water partition coefficient (Wildman–Crippen LogP) is 5.01. The molecular weight excluding hydrogens is 398 g/mol. The van der Waals surface area contributed by atoms with Crippen molar-refractivity contribution in [3.8, 4) is 17.0 Å². The molecule has 0 aliphatic rings. The Bertz CT molecular complexity index is 1050. The summed E-state index contributed by atoms with van der Waals surface area (Å²) in [6.07, 6.45) is 0.419. The first-order chi connectivity index (χ1) is 13.9. The lowest BCUT2D eigenvalue weighted by Gasteiger charge is -2.06. The van der Waals surface area contributed by atoms with Crippen LogP contribution in [0.15, 0.2) is 42.5 Å². The third-order valence-corrected chi connectivity index (χ3v) is 4.99. The Morgan fingerprint density at radius 2 is 1.83 bits per heavy atom. The van der Waals surface area contributed by atoms with E-state index in [0.717, 1.165) is 17.0 Å². The molecule has 0 radical (unpaired) electrons. The zero-order chi connectivity index (χ0) is 21.0. The van der Waals surface area contributed by atoms with Crippen molar-refractivity contribution < 1.29 is 23.1 Å². The van der Waals surface area contributed by atoms with Crippen LogP contribution in [-0.4, -0.2) is 23.3 Å². The number of hydrogen-bond donors (Lipinski definition) is 1. The molecule has 0 unspecified atom stereocenters. The van der Waals surface area contributed by atoms with E-state index in [1.807, 2.05) is 0 Å². The number of nitrogens with one attached hydrogen (secondary N) is 1. The Balaban J connectivity index is 1.61. The molecule has 0 spiro atoms. The topological polar surface area (TPSA) is 68.3 Å². The molecule has 150 valence electrons. The van der Waals surface area contributed by atoms with E-state index in [1.165, 1.54) is 17.4 Å². The van der Waals surface area contributed by atoms with Gasteiger partial charge >= 0.3 is 0 Å². The molecular formula is C21H18F2N2O3S. The van der Waals surface area contributed by atoms with Crippen LogP contribution in [0.25, 0.3) is 11.3 Å². The number of aromatic nitrogens is 1. The summed E-state index contributed by atoms with van der Waals surface area (Å²) in [4.78, 5) is 28.8. The van der Waals surface area contributed by atoms with E-state index < -0.39 is 17.5 Å². The summed E-state index contributed by atoms with van der Waals surface area (Å²) in [7, 11) is 0. The molecule has 0 saturated carbocycles. The fourth-order valence-corrected chi connectivity index (χ4v) is 3.46. The molecule has 0 bridgehead atoms. The maximum atomic E-state index is 13.5. The van der Waals surface area contributed by atoms with E-state index in [2.05, 4.69) is 10.3 Å². The van der Waals surface area contributed by atoms with Crippen molar-refractivity contribution in [2.75, 3.05) is 11.9 Å². The standard InChI is InChI=1S/C21H18F2N2O3S/c1-3-18(26)13-4-7-15(8-5-13)28-11-19(27)24-21-25-20(12(2)29-21)14-6-9-16(22)17(23)10-14/h4-10H,3,11H2,1-2H3,(H,24,25,27). The van der Waals surface area contributed by atoms with E-state index in [4.69, 9.17) is 4.74 Å². The zero-order valence-corrected chi connectivity index (χ0v) is 16.6. The summed E-state index contributed by atoms with van der Waals surface area (Å²) in [5, 5.41) is 2.96. The third kappa shape index (κ3) is 5.03. The number of carbonyl (C=O) groups excluding carboxylic acids is 2. The second kappa shape index (κ2) is 8.91. The molecule has 0 aliphatic carbocycles. The van der Waals surface area contributed by atoms with Gasteiger partial charge in [-0.15, -0.1) is 11.3 Å². The number of ketones is 1. The molecule has 0 fully saturated rings. The second-order valence-corrected chi connectivity index (χ2v) is 7.39. The van der Waals surface area contributed by atoms with Crippen molar-refractivity contribution in [1.82, 2.24) is 4.98 Å². The van der Waals surface area contributed by atoms with Crippen LogP contribution in [0.3, 0.4) is 0 Å². The fourth-order valence-electron chi connectivity index (χ4n) is 2.61. The highest BCUT2D eigenvalue weighted by atomic mass is 32.1. The lowest BCUT2D eigenvalue weighted by molar-refractivity contribution is -0.118. The Kier molecular flexibility index (Phi) is 6.33. The van der Waals surface area contributed by atoms with Crippen molar-refractivity contribution in [3.05, 3.63) is 64.5 Å². The van der Waals surface area contributed by atoms with E-state index in [1.54, 1.807) is 38.1 Å². The van der Waals surface area contributed by atoms with Gasteiger partial charge in [-0.05, 0) is 49.4 Å². The Morgan fingerprint density at radius 3 is 2.48 bits per heavy atom. The minimum absolute atomic E-state index is 0.0327. The molecule has 1 amide bonds. The molecule has 5 nitrogen and oxygen atoms in total. The number of amides is 1.